The molecule has 1 aromatic carbocycles. The van der Waals surface area contributed by atoms with Crippen molar-refractivity contribution in [3.8, 4) is 5.75 Å². The predicted molar refractivity (Wildman–Crippen MR) is 75.1 cm³/mol. The molecule has 8 heteroatoms. The minimum atomic E-state index is -2.72. The lowest BCUT2D eigenvalue weighted by Crippen LogP contribution is -2.28. The number of carbonyl (C=O) groups is 1. The van der Waals surface area contributed by atoms with E-state index in [2.05, 4.69) is 20.9 Å². The number of rotatable bonds is 4. The number of benzene rings is 1. The molecule has 0 unspecified atom stereocenters. The largest absolute Gasteiger partial charge is 0.507 e. The Morgan fingerprint density at radius 3 is 2.90 bits per heavy atom. The van der Waals surface area contributed by atoms with Crippen LogP contribution in [0.3, 0.4) is 0 Å². The number of amides is 1. The van der Waals surface area contributed by atoms with E-state index in [1.807, 2.05) is 0 Å². The van der Waals surface area contributed by atoms with Crippen molar-refractivity contribution >= 4 is 21.8 Å². The summed E-state index contributed by atoms with van der Waals surface area (Å²) < 4.78 is 26.8. The third-order valence-electron chi connectivity index (χ3n) is 2.87. The summed E-state index contributed by atoms with van der Waals surface area (Å²) >= 11 is 3.21. The molecular weight excluding hydrogens is 348 g/mol. The maximum absolute atomic E-state index is 12.7. The fourth-order valence-electron chi connectivity index (χ4n) is 1.81. The molecule has 2 aromatic rings. The van der Waals surface area contributed by atoms with Crippen LogP contribution in [0.25, 0.3) is 0 Å². The van der Waals surface area contributed by atoms with Gasteiger partial charge in [0.2, 0.25) is 0 Å². The first-order valence-corrected chi connectivity index (χ1v) is 6.73. The van der Waals surface area contributed by atoms with Gasteiger partial charge >= 0.3 is 6.55 Å². The molecule has 0 atom stereocenters. The van der Waals surface area contributed by atoms with Crippen molar-refractivity contribution in [2.75, 3.05) is 7.05 Å². The van der Waals surface area contributed by atoms with E-state index < -0.39 is 12.5 Å². The normalized spacial score (nSPS) is 10.9. The molecule has 0 bridgehead atoms. The highest BCUT2D eigenvalue weighted by molar-refractivity contribution is 9.10. The number of nitrogens with zero attached hydrogens (tertiary/aromatic N) is 3. The van der Waals surface area contributed by atoms with Crippen LogP contribution >= 0.6 is 15.9 Å². The van der Waals surface area contributed by atoms with Crippen LogP contribution in [0.2, 0.25) is 0 Å². The molecule has 0 spiro atoms. The number of carbonyl (C=O) groups excluding carboxylic acids is 1. The Kier molecular flexibility index (Phi) is 4.56. The zero-order valence-corrected chi connectivity index (χ0v) is 12.6. The summed E-state index contributed by atoms with van der Waals surface area (Å²) in [6.07, 6.45) is 2.39. The lowest BCUT2D eigenvalue weighted by Gasteiger charge is -2.18. The van der Waals surface area contributed by atoms with E-state index in [1.165, 1.54) is 30.3 Å². The number of phenols is 1. The molecule has 0 saturated heterocycles. The lowest BCUT2D eigenvalue weighted by atomic mass is 10.2. The summed E-state index contributed by atoms with van der Waals surface area (Å²) in [4.78, 5) is 17.3. The lowest BCUT2D eigenvalue weighted by molar-refractivity contribution is 0.0611. The van der Waals surface area contributed by atoms with Crippen molar-refractivity contribution < 1.29 is 18.7 Å². The number of phenolic OH excluding ortho intramolecular Hbond substituents is 1. The van der Waals surface area contributed by atoms with Gasteiger partial charge in [-0.15, -0.1) is 0 Å². The van der Waals surface area contributed by atoms with E-state index in [9.17, 15) is 18.7 Å². The quantitative estimate of drug-likeness (QED) is 0.912. The molecule has 0 fully saturated rings. The smallest absolute Gasteiger partial charge is 0.319 e. The Balaban J connectivity index is 2.20. The minimum absolute atomic E-state index is 0.0651. The van der Waals surface area contributed by atoms with Gasteiger partial charge < -0.3 is 10.0 Å². The number of alkyl halides is 2. The predicted octanol–water partition coefficient (Wildman–Crippen LogP) is 3.02. The third kappa shape index (κ3) is 3.38. The Bertz CT molecular complexity index is 661. The summed E-state index contributed by atoms with van der Waals surface area (Å²) in [5.41, 5.74) is 0.0852. The second kappa shape index (κ2) is 6.21. The highest BCUT2D eigenvalue weighted by Crippen LogP contribution is 2.23. The average Bonchev–Trinajstić information content (AvgIpc) is 2.89. The van der Waals surface area contributed by atoms with E-state index in [0.29, 0.717) is 9.04 Å². The summed E-state index contributed by atoms with van der Waals surface area (Å²) in [5, 5.41) is 9.71. The zero-order valence-electron chi connectivity index (χ0n) is 11.0. The summed E-state index contributed by atoms with van der Waals surface area (Å²) in [6, 6.07) is 4.44. The van der Waals surface area contributed by atoms with E-state index in [0.717, 1.165) is 6.20 Å². The van der Waals surface area contributed by atoms with Gasteiger partial charge in [0.1, 0.15) is 11.6 Å². The highest BCUT2D eigenvalue weighted by Gasteiger charge is 2.19. The van der Waals surface area contributed by atoms with Gasteiger partial charge in [0.05, 0.1) is 12.1 Å². The third-order valence-corrected chi connectivity index (χ3v) is 3.37. The molecule has 5 nitrogen and oxygen atoms in total. The Morgan fingerprint density at radius 1 is 1.52 bits per heavy atom. The van der Waals surface area contributed by atoms with Gasteiger partial charge in [0, 0.05) is 23.9 Å². The van der Waals surface area contributed by atoms with Crippen molar-refractivity contribution in [3.05, 3.63) is 46.5 Å². The first-order valence-electron chi connectivity index (χ1n) is 5.94. The molecule has 0 aliphatic heterocycles. The van der Waals surface area contributed by atoms with Gasteiger partial charge in [-0.3, -0.25) is 9.36 Å². The molecule has 1 N–H and O–H groups in total. The molecule has 21 heavy (non-hydrogen) atoms. The number of hydrogen-bond donors (Lipinski definition) is 1. The molecule has 1 heterocycles. The monoisotopic (exact) mass is 359 g/mol. The summed E-state index contributed by atoms with van der Waals surface area (Å²) in [6.45, 7) is -2.81. The van der Waals surface area contributed by atoms with Crippen molar-refractivity contribution in [1.29, 1.82) is 0 Å². The highest BCUT2D eigenvalue weighted by atomic mass is 79.9. The van der Waals surface area contributed by atoms with Crippen LogP contribution in [-0.2, 0) is 6.54 Å². The topological polar surface area (TPSA) is 58.4 Å². The summed E-state index contributed by atoms with van der Waals surface area (Å²) in [5.74, 6) is -0.597. The Labute approximate surface area is 128 Å². The molecule has 1 aromatic heterocycles. The maximum atomic E-state index is 12.7. The van der Waals surface area contributed by atoms with E-state index in [-0.39, 0.29) is 23.7 Å². The van der Waals surface area contributed by atoms with E-state index in [4.69, 9.17) is 0 Å². The van der Waals surface area contributed by atoms with Gasteiger partial charge in [0.25, 0.3) is 5.91 Å². The zero-order chi connectivity index (χ0) is 15.6. The molecule has 0 radical (unpaired) electrons. The fourth-order valence-corrected chi connectivity index (χ4v) is 2.17. The molecular formula is C13H12BrF2N3O2. The van der Waals surface area contributed by atoms with Crippen molar-refractivity contribution in [2.45, 2.75) is 13.1 Å². The van der Waals surface area contributed by atoms with Gasteiger partial charge in [-0.05, 0) is 18.2 Å². The second-order valence-corrected chi connectivity index (χ2v) is 5.27. The molecule has 2 rings (SSSR count). The maximum Gasteiger partial charge on any atom is 0.319 e. The SMILES string of the molecule is CN(Cc1nccn1C(F)F)C(=O)c1cc(Br)ccc1O. The molecule has 0 saturated carbocycles. The van der Waals surface area contributed by atoms with Crippen LogP contribution in [0, 0.1) is 0 Å². The number of imidazole rings is 1. The van der Waals surface area contributed by atoms with Crippen molar-refractivity contribution in [3.63, 3.8) is 0 Å². The Morgan fingerprint density at radius 2 is 2.24 bits per heavy atom. The van der Waals surface area contributed by atoms with E-state index >= 15 is 0 Å². The van der Waals surface area contributed by atoms with Crippen LogP contribution in [0.5, 0.6) is 5.75 Å². The molecule has 0 aliphatic rings. The van der Waals surface area contributed by atoms with Crippen LogP contribution in [0.1, 0.15) is 22.7 Å². The minimum Gasteiger partial charge on any atom is -0.507 e. The molecule has 0 aliphatic carbocycles. The van der Waals surface area contributed by atoms with Crippen molar-refractivity contribution in [1.82, 2.24) is 14.5 Å². The van der Waals surface area contributed by atoms with Gasteiger partial charge in [0.15, 0.2) is 0 Å². The first kappa shape index (κ1) is 15.4. The number of aromatic nitrogens is 2. The fraction of sp³-hybridized carbons (Fsp3) is 0.231. The Hall–Kier alpha value is -1.96. The van der Waals surface area contributed by atoms with Gasteiger partial charge in [-0.1, -0.05) is 15.9 Å². The second-order valence-electron chi connectivity index (χ2n) is 4.35. The van der Waals surface area contributed by atoms with Gasteiger partial charge in [-0.25, -0.2) is 4.98 Å². The van der Waals surface area contributed by atoms with Crippen LogP contribution in [0.4, 0.5) is 8.78 Å². The summed E-state index contributed by atoms with van der Waals surface area (Å²) in [7, 11) is 1.45. The first-order chi connectivity index (χ1) is 9.90. The molecule has 112 valence electrons. The van der Waals surface area contributed by atoms with Crippen LogP contribution in [-0.4, -0.2) is 32.5 Å². The number of aromatic hydroxyl groups is 1. The van der Waals surface area contributed by atoms with Crippen molar-refractivity contribution in [2.24, 2.45) is 0 Å². The van der Waals surface area contributed by atoms with Crippen LogP contribution < -0.4 is 0 Å². The van der Waals surface area contributed by atoms with Gasteiger partial charge in [-0.2, -0.15) is 8.78 Å². The number of hydrogen-bond acceptors (Lipinski definition) is 3. The van der Waals surface area contributed by atoms with E-state index in [1.54, 1.807) is 6.07 Å². The van der Waals surface area contributed by atoms with Crippen LogP contribution in [0.15, 0.2) is 35.1 Å². The standard InChI is InChI=1S/C13H12BrF2N3O2/c1-18(7-11-17-4-5-19(11)13(15)16)12(21)9-6-8(14)2-3-10(9)20/h2-6,13,20H,7H2,1H3. The molecule has 1 amide bonds. The number of halogens is 3. The average molecular weight is 360 g/mol.